The highest BCUT2D eigenvalue weighted by Gasteiger charge is 2.12. The SMILES string of the molecule is C[C@@H](N)C(=O)N(C)Cc1ccc(Br)cc1.Cl. The van der Waals surface area contributed by atoms with Crippen molar-refractivity contribution in [1.29, 1.82) is 0 Å². The largest absolute Gasteiger partial charge is 0.340 e. The zero-order valence-corrected chi connectivity index (χ0v) is 11.7. The molecular weight excluding hydrogens is 291 g/mol. The molecule has 1 aromatic rings. The molecule has 0 aliphatic heterocycles. The first kappa shape index (κ1) is 15.4. The van der Waals surface area contributed by atoms with Crippen molar-refractivity contribution in [3.8, 4) is 0 Å². The number of benzene rings is 1. The van der Waals surface area contributed by atoms with Gasteiger partial charge in [-0.3, -0.25) is 4.79 Å². The summed E-state index contributed by atoms with van der Waals surface area (Å²) >= 11 is 3.36. The molecule has 2 N–H and O–H groups in total. The molecule has 0 aromatic heterocycles. The van der Waals surface area contributed by atoms with E-state index in [1.165, 1.54) is 0 Å². The van der Waals surface area contributed by atoms with Crippen LogP contribution in [0.3, 0.4) is 0 Å². The molecule has 0 saturated carbocycles. The highest BCUT2D eigenvalue weighted by molar-refractivity contribution is 9.10. The van der Waals surface area contributed by atoms with E-state index in [9.17, 15) is 4.79 Å². The number of nitrogens with two attached hydrogens (primary N) is 1. The van der Waals surface area contributed by atoms with Crippen molar-refractivity contribution >= 4 is 34.2 Å². The molecular formula is C11H16BrClN2O. The fourth-order valence-corrected chi connectivity index (χ4v) is 1.55. The number of amides is 1. The van der Waals surface area contributed by atoms with Crippen LogP contribution in [-0.2, 0) is 11.3 Å². The van der Waals surface area contributed by atoms with Crippen LogP contribution in [0, 0.1) is 0 Å². The molecule has 5 heteroatoms. The van der Waals surface area contributed by atoms with E-state index >= 15 is 0 Å². The standard InChI is InChI=1S/C11H15BrN2O.ClH/c1-8(13)11(15)14(2)7-9-3-5-10(12)6-4-9;/h3-6,8H,7,13H2,1-2H3;1H/t8-;/m1./s1. The number of hydrogen-bond acceptors (Lipinski definition) is 2. The molecule has 0 saturated heterocycles. The molecule has 1 rings (SSSR count). The first-order valence-corrected chi connectivity index (χ1v) is 5.55. The molecule has 16 heavy (non-hydrogen) atoms. The van der Waals surface area contributed by atoms with E-state index in [-0.39, 0.29) is 18.3 Å². The molecule has 0 bridgehead atoms. The van der Waals surface area contributed by atoms with Crippen LogP contribution in [-0.4, -0.2) is 23.9 Å². The minimum atomic E-state index is -0.439. The van der Waals surface area contributed by atoms with Crippen LogP contribution in [0.1, 0.15) is 12.5 Å². The lowest BCUT2D eigenvalue weighted by atomic mass is 10.2. The number of hydrogen-bond donors (Lipinski definition) is 1. The third-order valence-electron chi connectivity index (χ3n) is 2.10. The average Bonchev–Trinajstić information content (AvgIpc) is 2.20. The topological polar surface area (TPSA) is 46.3 Å². The number of halogens is 2. The second-order valence-electron chi connectivity index (χ2n) is 3.61. The van der Waals surface area contributed by atoms with Crippen molar-refractivity contribution in [2.75, 3.05) is 7.05 Å². The van der Waals surface area contributed by atoms with Gasteiger partial charge in [-0.15, -0.1) is 12.4 Å². The average molecular weight is 308 g/mol. The molecule has 0 heterocycles. The van der Waals surface area contributed by atoms with Gasteiger partial charge in [-0.1, -0.05) is 28.1 Å². The molecule has 0 spiro atoms. The lowest BCUT2D eigenvalue weighted by Crippen LogP contribution is -2.39. The monoisotopic (exact) mass is 306 g/mol. The molecule has 90 valence electrons. The van der Waals surface area contributed by atoms with Gasteiger partial charge in [-0.05, 0) is 24.6 Å². The number of rotatable bonds is 3. The minimum Gasteiger partial charge on any atom is -0.340 e. The second kappa shape index (κ2) is 6.89. The fourth-order valence-electron chi connectivity index (χ4n) is 1.29. The van der Waals surface area contributed by atoms with Crippen LogP contribution in [0.5, 0.6) is 0 Å². The summed E-state index contributed by atoms with van der Waals surface area (Å²) in [5.74, 6) is -0.0436. The third-order valence-corrected chi connectivity index (χ3v) is 2.63. The Kier molecular flexibility index (Phi) is 6.64. The molecule has 1 atom stereocenters. The maximum atomic E-state index is 11.5. The number of nitrogens with zero attached hydrogens (tertiary/aromatic N) is 1. The zero-order valence-electron chi connectivity index (χ0n) is 9.31. The molecule has 0 aliphatic carbocycles. The Morgan fingerprint density at radius 2 is 1.94 bits per heavy atom. The van der Waals surface area contributed by atoms with Gasteiger partial charge in [-0.2, -0.15) is 0 Å². The highest BCUT2D eigenvalue weighted by atomic mass is 79.9. The molecule has 1 aromatic carbocycles. The highest BCUT2D eigenvalue weighted by Crippen LogP contribution is 2.11. The molecule has 0 unspecified atom stereocenters. The van der Waals surface area contributed by atoms with Gasteiger partial charge in [0.1, 0.15) is 0 Å². The summed E-state index contributed by atoms with van der Waals surface area (Å²) in [5, 5.41) is 0. The first-order valence-electron chi connectivity index (χ1n) is 4.75. The third kappa shape index (κ3) is 4.51. The maximum Gasteiger partial charge on any atom is 0.239 e. The van der Waals surface area contributed by atoms with E-state index in [0.29, 0.717) is 6.54 Å². The van der Waals surface area contributed by atoms with Crippen molar-refractivity contribution in [3.05, 3.63) is 34.3 Å². The van der Waals surface area contributed by atoms with Gasteiger partial charge in [0.05, 0.1) is 6.04 Å². The van der Waals surface area contributed by atoms with Gasteiger partial charge in [0.2, 0.25) is 5.91 Å². The molecule has 0 aliphatic rings. The molecule has 0 fully saturated rings. The van der Waals surface area contributed by atoms with Crippen LogP contribution >= 0.6 is 28.3 Å². The minimum absolute atomic E-state index is 0. The van der Waals surface area contributed by atoms with E-state index in [0.717, 1.165) is 10.0 Å². The van der Waals surface area contributed by atoms with E-state index in [1.807, 2.05) is 24.3 Å². The lowest BCUT2D eigenvalue weighted by Gasteiger charge is -2.19. The van der Waals surface area contributed by atoms with Gasteiger partial charge < -0.3 is 10.6 Å². The fraction of sp³-hybridized carbons (Fsp3) is 0.364. The van der Waals surface area contributed by atoms with Gasteiger partial charge in [0.15, 0.2) is 0 Å². The summed E-state index contributed by atoms with van der Waals surface area (Å²) in [4.78, 5) is 13.1. The second-order valence-corrected chi connectivity index (χ2v) is 4.53. The predicted molar refractivity (Wildman–Crippen MR) is 71.5 cm³/mol. The quantitative estimate of drug-likeness (QED) is 0.930. The normalized spacial score (nSPS) is 11.5. The zero-order chi connectivity index (χ0) is 11.4. The molecule has 0 radical (unpaired) electrons. The summed E-state index contributed by atoms with van der Waals surface area (Å²) in [6.07, 6.45) is 0. The van der Waals surface area contributed by atoms with Crippen LogP contribution < -0.4 is 5.73 Å². The Morgan fingerprint density at radius 3 is 2.38 bits per heavy atom. The smallest absolute Gasteiger partial charge is 0.239 e. The Balaban J connectivity index is 0.00000225. The Bertz CT molecular complexity index is 340. The van der Waals surface area contributed by atoms with Crippen molar-refractivity contribution in [2.24, 2.45) is 5.73 Å². The van der Waals surface area contributed by atoms with E-state index in [2.05, 4.69) is 15.9 Å². The van der Waals surface area contributed by atoms with E-state index in [4.69, 9.17) is 5.73 Å². The molecule has 3 nitrogen and oxygen atoms in total. The summed E-state index contributed by atoms with van der Waals surface area (Å²) in [6.45, 7) is 2.29. The summed E-state index contributed by atoms with van der Waals surface area (Å²) in [5.41, 5.74) is 6.61. The van der Waals surface area contributed by atoms with Crippen LogP contribution in [0.25, 0.3) is 0 Å². The van der Waals surface area contributed by atoms with Crippen LogP contribution in [0.2, 0.25) is 0 Å². The van der Waals surface area contributed by atoms with Crippen molar-refractivity contribution < 1.29 is 4.79 Å². The maximum absolute atomic E-state index is 11.5. The summed E-state index contributed by atoms with van der Waals surface area (Å²) < 4.78 is 1.03. The summed E-state index contributed by atoms with van der Waals surface area (Å²) in [6, 6.07) is 7.44. The molecule has 1 amide bonds. The lowest BCUT2D eigenvalue weighted by molar-refractivity contribution is -0.131. The van der Waals surface area contributed by atoms with Gasteiger partial charge >= 0.3 is 0 Å². The first-order chi connectivity index (χ1) is 7.00. The van der Waals surface area contributed by atoms with E-state index < -0.39 is 6.04 Å². The number of carbonyl (C=O) groups is 1. The van der Waals surface area contributed by atoms with Gasteiger partial charge in [-0.25, -0.2) is 0 Å². The van der Waals surface area contributed by atoms with Gasteiger partial charge in [0.25, 0.3) is 0 Å². The Labute approximate surface area is 111 Å². The predicted octanol–water partition coefficient (Wildman–Crippen LogP) is 2.18. The van der Waals surface area contributed by atoms with Crippen molar-refractivity contribution in [2.45, 2.75) is 19.5 Å². The van der Waals surface area contributed by atoms with Gasteiger partial charge in [0, 0.05) is 18.1 Å². The van der Waals surface area contributed by atoms with Crippen molar-refractivity contribution in [3.63, 3.8) is 0 Å². The van der Waals surface area contributed by atoms with Crippen LogP contribution in [0.4, 0.5) is 0 Å². The van der Waals surface area contributed by atoms with E-state index in [1.54, 1.807) is 18.9 Å². The Morgan fingerprint density at radius 1 is 1.44 bits per heavy atom. The number of likely N-dealkylation sites (N-methyl/N-ethyl adjacent to an activating group) is 1. The number of carbonyl (C=O) groups excluding carboxylic acids is 1. The summed E-state index contributed by atoms with van der Waals surface area (Å²) in [7, 11) is 1.76. The van der Waals surface area contributed by atoms with Crippen LogP contribution in [0.15, 0.2) is 28.7 Å². The van der Waals surface area contributed by atoms with Crippen molar-refractivity contribution in [1.82, 2.24) is 4.90 Å². The Hall–Kier alpha value is -0.580.